The molecule has 0 radical (unpaired) electrons. The van der Waals surface area contributed by atoms with Crippen molar-refractivity contribution in [3.8, 4) is 5.75 Å². The molecule has 39 heavy (non-hydrogen) atoms. The van der Waals surface area contributed by atoms with Gasteiger partial charge in [-0.05, 0) is 73.4 Å². The lowest BCUT2D eigenvalue weighted by Gasteiger charge is -2.29. The number of carbonyl (C=O) groups is 2. The number of likely N-dealkylation sites (N-methyl/N-ethyl adjacent to an activating group) is 1. The number of hydrogen-bond acceptors (Lipinski definition) is 3. The average Bonchev–Trinajstić information content (AvgIpc) is 3.29. The van der Waals surface area contributed by atoms with Crippen LogP contribution in [0.4, 0.5) is 5.69 Å². The van der Waals surface area contributed by atoms with E-state index >= 15 is 0 Å². The molecule has 1 aromatic heterocycles. The van der Waals surface area contributed by atoms with Crippen LogP contribution in [-0.4, -0.2) is 37.0 Å². The third kappa shape index (κ3) is 7.43. The smallest absolute Gasteiger partial charge is 0.249 e. The molecule has 0 saturated heterocycles. The number of methoxy groups -OCH3 is 1. The molecule has 0 saturated carbocycles. The van der Waals surface area contributed by atoms with Gasteiger partial charge in [0.25, 0.3) is 0 Å². The fourth-order valence-electron chi connectivity index (χ4n) is 6.10. The number of para-hydroxylation sites is 1. The number of anilines is 1. The van der Waals surface area contributed by atoms with E-state index in [1.807, 2.05) is 36.4 Å². The molecule has 3 aromatic rings. The summed E-state index contributed by atoms with van der Waals surface area (Å²) in [5.41, 5.74) is 4.06. The zero-order valence-electron chi connectivity index (χ0n) is 24.1. The number of ether oxygens (including phenoxy) is 1. The maximum Gasteiger partial charge on any atom is 0.249 e. The highest BCUT2D eigenvalue weighted by Crippen LogP contribution is 2.30. The Morgan fingerprint density at radius 3 is 2.59 bits per heavy atom. The van der Waals surface area contributed by atoms with Gasteiger partial charge in [0.1, 0.15) is 11.8 Å². The zero-order valence-corrected chi connectivity index (χ0v) is 24.1. The van der Waals surface area contributed by atoms with Crippen molar-refractivity contribution in [2.75, 3.05) is 19.1 Å². The molecular formula is C33H45N3O3. The monoisotopic (exact) mass is 531 g/mol. The van der Waals surface area contributed by atoms with Gasteiger partial charge in [-0.3, -0.25) is 9.59 Å². The highest BCUT2D eigenvalue weighted by atomic mass is 16.5. The third-order valence-electron chi connectivity index (χ3n) is 8.31. The van der Waals surface area contributed by atoms with Gasteiger partial charge < -0.3 is 19.9 Å². The zero-order chi connectivity index (χ0) is 27.8. The van der Waals surface area contributed by atoms with E-state index in [1.54, 1.807) is 19.1 Å². The lowest BCUT2D eigenvalue weighted by atomic mass is 9.84. The molecule has 0 fully saturated rings. The van der Waals surface area contributed by atoms with Crippen molar-refractivity contribution in [1.29, 1.82) is 0 Å². The van der Waals surface area contributed by atoms with E-state index in [0.29, 0.717) is 18.3 Å². The number of nitrogens with zero attached hydrogens (tertiary/aromatic N) is 1. The van der Waals surface area contributed by atoms with Crippen molar-refractivity contribution in [3.63, 3.8) is 0 Å². The van der Waals surface area contributed by atoms with Crippen molar-refractivity contribution in [1.82, 2.24) is 10.3 Å². The summed E-state index contributed by atoms with van der Waals surface area (Å²) in [4.78, 5) is 32.8. The molecule has 0 aliphatic carbocycles. The van der Waals surface area contributed by atoms with E-state index in [4.69, 9.17) is 4.74 Å². The maximum absolute atomic E-state index is 13.9. The number of aryl methyl sites for hydroxylation is 1. The quantitative estimate of drug-likeness (QED) is 0.367. The summed E-state index contributed by atoms with van der Waals surface area (Å²) < 4.78 is 5.29. The number of unbranched alkanes of at least 4 members (excludes halogenated alkanes) is 1. The summed E-state index contributed by atoms with van der Waals surface area (Å²) in [5, 5.41) is 4.29. The first-order valence-corrected chi connectivity index (χ1v) is 14.7. The molecule has 210 valence electrons. The van der Waals surface area contributed by atoms with E-state index in [2.05, 4.69) is 36.3 Å². The fraction of sp³-hybridized carbons (Fsp3) is 0.515. The Hall–Kier alpha value is -3.28. The molecular weight excluding hydrogens is 486 g/mol. The summed E-state index contributed by atoms with van der Waals surface area (Å²) in [5.74, 6) is 1.55. The summed E-state index contributed by atoms with van der Waals surface area (Å²) in [6, 6.07) is 15.1. The molecule has 2 aromatic carbocycles. The van der Waals surface area contributed by atoms with Crippen molar-refractivity contribution in [2.45, 2.75) is 84.1 Å². The Kier molecular flexibility index (Phi) is 10.1. The summed E-state index contributed by atoms with van der Waals surface area (Å²) in [7, 11) is 3.42. The largest absolute Gasteiger partial charge is 0.497 e. The average molecular weight is 532 g/mol. The molecule has 1 aliphatic rings. The van der Waals surface area contributed by atoms with Crippen LogP contribution in [0.3, 0.4) is 0 Å². The van der Waals surface area contributed by atoms with E-state index in [1.165, 1.54) is 12.8 Å². The Balaban J connectivity index is 1.64. The lowest BCUT2D eigenvalue weighted by molar-refractivity contribution is -0.127. The molecule has 6 nitrogen and oxygen atoms in total. The molecule has 0 bridgehead atoms. The van der Waals surface area contributed by atoms with Gasteiger partial charge in [0.2, 0.25) is 11.8 Å². The standard InChI is InChI=1S/C33H45N3O3/c1-5-6-12-24-20-23(2)11-7-9-15-30-28(27-13-8-10-14-29(27)34-30)22-32(37)35-31(21-24)33(38)36(3)25-16-18-26(39-4)19-17-25/h8,10,13-14,16-19,23-24,31,34H,5-7,9,11-12,15,20-22H2,1-4H3,(H,35,37)/t23?,24?,31-/m0/s1. The number of benzene rings is 2. The predicted molar refractivity (Wildman–Crippen MR) is 159 cm³/mol. The molecule has 6 heteroatoms. The SMILES string of the molecule is CCCCC1CC(C)CCCCc2[nH]c3ccccc3c2CC(=O)N[C@H](C(=O)N(C)c2ccc(OC)cc2)C1. The number of carbonyl (C=O) groups excluding carboxylic acids is 2. The fourth-order valence-corrected chi connectivity index (χ4v) is 6.10. The van der Waals surface area contributed by atoms with Crippen molar-refractivity contribution in [3.05, 3.63) is 59.8 Å². The normalized spacial score (nSPS) is 21.0. The van der Waals surface area contributed by atoms with Gasteiger partial charge in [-0.2, -0.15) is 0 Å². The highest BCUT2D eigenvalue weighted by Gasteiger charge is 2.29. The molecule has 2 unspecified atom stereocenters. The Morgan fingerprint density at radius 1 is 1.08 bits per heavy atom. The van der Waals surface area contributed by atoms with E-state index in [-0.39, 0.29) is 18.2 Å². The number of nitrogens with one attached hydrogen (secondary N) is 2. The first-order chi connectivity index (χ1) is 18.9. The van der Waals surface area contributed by atoms with Crippen LogP contribution in [0.5, 0.6) is 5.75 Å². The second kappa shape index (κ2) is 13.7. The Labute approximate surface area is 233 Å². The minimum absolute atomic E-state index is 0.0751. The molecule has 1 aliphatic heterocycles. The molecule has 0 spiro atoms. The molecule has 2 N–H and O–H groups in total. The minimum Gasteiger partial charge on any atom is -0.497 e. The Bertz CT molecular complexity index is 1230. The number of aromatic nitrogens is 1. The number of H-pyrrole nitrogens is 1. The number of fused-ring (bicyclic) bond motifs is 3. The van der Waals surface area contributed by atoms with Crippen LogP contribution in [0.15, 0.2) is 48.5 Å². The number of aromatic amines is 1. The highest BCUT2D eigenvalue weighted by molar-refractivity contribution is 5.99. The van der Waals surface area contributed by atoms with Gasteiger partial charge in [-0.25, -0.2) is 0 Å². The molecule has 2 amide bonds. The van der Waals surface area contributed by atoms with E-state index < -0.39 is 6.04 Å². The van der Waals surface area contributed by atoms with Crippen LogP contribution >= 0.6 is 0 Å². The van der Waals surface area contributed by atoms with Crippen LogP contribution in [0.2, 0.25) is 0 Å². The maximum atomic E-state index is 13.9. The van der Waals surface area contributed by atoms with Gasteiger partial charge in [0, 0.05) is 29.3 Å². The first-order valence-electron chi connectivity index (χ1n) is 14.7. The van der Waals surface area contributed by atoms with Gasteiger partial charge in [-0.1, -0.05) is 64.2 Å². The van der Waals surface area contributed by atoms with Crippen LogP contribution < -0.4 is 15.0 Å². The topological polar surface area (TPSA) is 74.4 Å². The van der Waals surface area contributed by atoms with Crippen molar-refractivity contribution in [2.24, 2.45) is 11.8 Å². The third-order valence-corrected chi connectivity index (χ3v) is 8.31. The van der Waals surface area contributed by atoms with Crippen molar-refractivity contribution >= 4 is 28.4 Å². The van der Waals surface area contributed by atoms with Gasteiger partial charge >= 0.3 is 0 Å². The minimum atomic E-state index is -0.574. The predicted octanol–water partition coefficient (Wildman–Crippen LogP) is 6.82. The van der Waals surface area contributed by atoms with Crippen LogP contribution in [0.25, 0.3) is 10.9 Å². The molecule has 3 atom stereocenters. The lowest BCUT2D eigenvalue weighted by Crippen LogP contribution is -2.49. The summed E-state index contributed by atoms with van der Waals surface area (Å²) in [6.07, 6.45) is 9.78. The molecule has 4 rings (SSSR count). The van der Waals surface area contributed by atoms with E-state index in [0.717, 1.165) is 72.1 Å². The summed E-state index contributed by atoms with van der Waals surface area (Å²) >= 11 is 0. The van der Waals surface area contributed by atoms with Crippen LogP contribution in [0, 0.1) is 11.8 Å². The van der Waals surface area contributed by atoms with Crippen LogP contribution in [0.1, 0.15) is 76.5 Å². The first kappa shape index (κ1) is 28.7. The molecule has 2 heterocycles. The second-order valence-corrected chi connectivity index (χ2v) is 11.4. The van der Waals surface area contributed by atoms with Gasteiger partial charge in [0.05, 0.1) is 13.5 Å². The number of rotatable bonds is 6. The van der Waals surface area contributed by atoms with Gasteiger partial charge in [-0.15, -0.1) is 0 Å². The number of amides is 2. The van der Waals surface area contributed by atoms with Crippen molar-refractivity contribution < 1.29 is 14.3 Å². The van der Waals surface area contributed by atoms with E-state index in [9.17, 15) is 9.59 Å². The second-order valence-electron chi connectivity index (χ2n) is 11.4. The van der Waals surface area contributed by atoms with Crippen LogP contribution in [-0.2, 0) is 22.4 Å². The summed E-state index contributed by atoms with van der Waals surface area (Å²) in [6.45, 7) is 4.56. The number of hydrogen-bond donors (Lipinski definition) is 2. The van der Waals surface area contributed by atoms with Gasteiger partial charge in [0.15, 0.2) is 0 Å². The Morgan fingerprint density at radius 2 is 1.85 bits per heavy atom.